The number of hydrogen-bond acceptors (Lipinski definition) is 3. The molecular formula is C23H22N2O2. The molecule has 0 fully saturated rings. The average Bonchev–Trinajstić information content (AvgIpc) is 2.70. The van der Waals surface area contributed by atoms with E-state index in [1.165, 1.54) is 5.56 Å². The number of carbonyl (C=O) groups is 1. The molecule has 0 saturated heterocycles. The van der Waals surface area contributed by atoms with Crippen LogP contribution in [0.4, 0.5) is 11.4 Å². The molecule has 0 bridgehead atoms. The summed E-state index contributed by atoms with van der Waals surface area (Å²) in [5, 5.41) is 10.2. The molecule has 4 heteroatoms. The summed E-state index contributed by atoms with van der Waals surface area (Å²) in [4.78, 5) is 17.1. The molecule has 27 heavy (non-hydrogen) atoms. The lowest BCUT2D eigenvalue weighted by molar-refractivity contribution is -0.119. The minimum Gasteiger partial charge on any atom is -0.508 e. The Labute approximate surface area is 159 Å². The van der Waals surface area contributed by atoms with Crippen molar-refractivity contribution in [3.05, 3.63) is 90.0 Å². The Balaban J connectivity index is 1.57. The zero-order chi connectivity index (χ0) is 18.6. The van der Waals surface area contributed by atoms with E-state index in [0.29, 0.717) is 18.8 Å². The van der Waals surface area contributed by atoms with Crippen molar-refractivity contribution in [3.8, 4) is 5.75 Å². The van der Waals surface area contributed by atoms with Gasteiger partial charge in [0.05, 0.1) is 6.54 Å². The normalized spacial score (nSPS) is 13.8. The number of nitrogens with zero attached hydrogens (tertiary/aromatic N) is 2. The van der Waals surface area contributed by atoms with Crippen LogP contribution in [0, 0.1) is 0 Å². The zero-order valence-electron chi connectivity index (χ0n) is 15.1. The van der Waals surface area contributed by atoms with Gasteiger partial charge in [0.15, 0.2) is 0 Å². The molecule has 0 atom stereocenters. The smallest absolute Gasteiger partial charge is 0.245 e. The largest absolute Gasteiger partial charge is 0.508 e. The summed E-state index contributed by atoms with van der Waals surface area (Å²) in [5.74, 6) is 0.332. The van der Waals surface area contributed by atoms with E-state index < -0.39 is 0 Å². The Morgan fingerprint density at radius 2 is 1.52 bits per heavy atom. The van der Waals surface area contributed by atoms with E-state index in [0.717, 1.165) is 29.9 Å². The lowest BCUT2D eigenvalue weighted by atomic mass is 9.99. The van der Waals surface area contributed by atoms with E-state index in [1.807, 2.05) is 66.7 Å². The second kappa shape index (κ2) is 7.64. The van der Waals surface area contributed by atoms with Crippen LogP contribution in [0.1, 0.15) is 11.1 Å². The van der Waals surface area contributed by atoms with Gasteiger partial charge in [0.2, 0.25) is 5.91 Å². The zero-order valence-corrected chi connectivity index (χ0v) is 15.1. The third-order valence-corrected chi connectivity index (χ3v) is 4.96. The predicted octanol–water partition coefficient (Wildman–Crippen LogP) is 4.12. The highest BCUT2D eigenvalue weighted by molar-refractivity contribution is 6.01. The highest BCUT2D eigenvalue weighted by Gasteiger charge is 2.24. The number of amides is 1. The van der Waals surface area contributed by atoms with Gasteiger partial charge in [0, 0.05) is 30.0 Å². The molecule has 1 amide bonds. The number of para-hydroxylation sites is 2. The third-order valence-electron chi connectivity index (χ3n) is 4.96. The van der Waals surface area contributed by atoms with Gasteiger partial charge in [-0.15, -0.1) is 0 Å². The number of rotatable bonds is 4. The highest BCUT2D eigenvalue weighted by Crippen LogP contribution is 2.29. The first-order chi connectivity index (χ1) is 13.2. The SMILES string of the molecule is O=C(CN1CCc2cccc(O)c2C1)N(c1ccccc1)c1ccccc1. The number of benzene rings is 3. The predicted molar refractivity (Wildman–Crippen MR) is 107 cm³/mol. The molecule has 0 saturated carbocycles. The Bertz CT molecular complexity index is 886. The maximum absolute atomic E-state index is 13.2. The van der Waals surface area contributed by atoms with Gasteiger partial charge in [-0.2, -0.15) is 0 Å². The van der Waals surface area contributed by atoms with Crippen LogP contribution in [0.25, 0.3) is 0 Å². The van der Waals surface area contributed by atoms with E-state index in [4.69, 9.17) is 0 Å². The molecule has 0 aromatic heterocycles. The maximum atomic E-state index is 13.2. The lowest BCUT2D eigenvalue weighted by Gasteiger charge is -2.31. The van der Waals surface area contributed by atoms with Crippen LogP contribution in [0.5, 0.6) is 5.75 Å². The van der Waals surface area contributed by atoms with Crippen molar-refractivity contribution in [1.29, 1.82) is 0 Å². The summed E-state index contributed by atoms with van der Waals surface area (Å²) in [5.41, 5.74) is 3.81. The van der Waals surface area contributed by atoms with E-state index in [-0.39, 0.29) is 5.91 Å². The second-order valence-corrected chi connectivity index (χ2v) is 6.78. The van der Waals surface area contributed by atoms with Crippen molar-refractivity contribution in [2.45, 2.75) is 13.0 Å². The molecule has 4 nitrogen and oxygen atoms in total. The fourth-order valence-electron chi connectivity index (χ4n) is 3.61. The highest BCUT2D eigenvalue weighted by atomic mass is 16.3. The molecule has 0 radical (unpaired) electrons. The minimum absolute atomic E-state index is 0.0197. The van der Waals surface area contributed by atoms with Crippen molar-refractivity contribution < 1.29 is 9.90 Å². The Morgan fingerprint density at radius 3 is 2.15 bits per heavy atom. The van der Waals surface area contributed by atoms with Crippen molar-refractivity contribution in [3.63, 3.8) is 0 Å². The topological polar surface area (TPSA) is 43.8 Å². The number of phenols is 1. The lowest BCUT2D eigenvalue weighted by Crippen LogP contribution is -2.40. The number of anilines is 2. The summed E-state index contributed by atoms with van der Waals surface area (Å²) in [6.45, 7) is 1.70. The molecule has 1 N–H and O–H groups in total. The van der Waals surface area contributed by atoms with Gasteiger partial charge < -0.3 is 5.11 Å². The second-order valence-electron chi connectivity index (χ2n) is 6.78. The first-order valence-electron chi connectivity index (χ1n) is 9.17. The number of aromatic hydroxyl groups is 1. The monoisotopic (exact) mass is 358 g/mol. The van der Waals surface area contributed by atoms with Gasteiger partial charge in [-0.25, -0.2) is 0 Å². The Hall–Kier alpha value is -3.11. The summed E-state index contributed by atoms with van der Waals surface area (Å²) in [7, 11) is 0. The summed E-state index contributed by atoms with van der Waals surface area (Å²) >= 11 is 0. The molecule has 1 aliphatic heterocycles. The quantitative estimate of drug-likeness (QED) is 0.763. The van der Waals surface area contributed by atoms with E-state index >= 15 is 0 Å². The van der Waals surface area contributed by atoms with Crippen molar-refractivity contribution in [1.82, 2.24) is 4.90 Å². The van der Waals surface area contributed by atoms with Gasteiger partial charge in [0.1, 0.15) is 5.75 Å². The first-order valence-corrected chi connectivity index (χ1v) is 9.17. The molecule has 1 aliphatic rings. The van der Waals surface area contributed by atoms with E-state index in [1.54, 1.807) is 11.0 Å². The first kappa shape index (κ1) is 17.3. The van der Waals surface area contributed by atoms with E-state index in [9.17, 15) is 9.90 Å². The standard InChI is InChI=1S/C23H22N2O2/c26-22-13-7-8-18-14-15-24(16-21(18)22)17-23(27)25(19-9-3-1-4-10-19)20-11-5-2-6-12-20/h1-13,26H,14-17H2. The van der Waals surface area contributed by atoms with Crippen molar-refractivity contribution in [2.24, 2.45) is 0 Å². The van der Waals surface area contributed by atoms with Gasteiger partial charge in [-0.3, -0.25) is 14.6 Å². The van der Waals surface area contributed by atoms with Crippen LogP contribution >= 0.6 is 0 Å². The number of hydrogen-bond donors (Lipinski definition) is 1. The summed E-state index contributed by atoms with van der Waals surface area (Å²) < 4.78 is 0. The molecular weight excluding hydrogens is 336 g/mol. The maximum Gasteiger partial charge on any atom is 0.245 e. The van der Waals surface area contributed by atoms with Crippen molar-refractivity contribution >= 4 is 17.3 Å². The van der Waals surface area contributed by atoms with Crippen LogP contribution in [0.15, 0.2) is 78.9 Å². The fraction of sp³-hybridized carbons (Fsp3) is 0.174. The van der Waals surface area contributed by atoms with Crippen LogP contribution < -0.4 is 4.90 Å². The number of phenolic OH excluding ortho intramolecular Hbond substituents is 1. The van der Waals surface area contributed by atoms with Gasteiger partial charge in [-0.05, 0) is 42.3 Å². The van der Waals surface area contributed by atoms with Gasteiger partial charge in [-0.1, -0.05) is 48.5 Å². The molecule has 0 unspecified atom stereocenters. The molecule has 0 aliphatic carbocycles. The third kappa shape index (κ3) is 3.71. The molecule has 136 valence electrons. The minimum atomic E-state index is 0.0197. The summed E-state index contributed by atoms with van der Waals surface area (Å²) in [6.07, 6.45) is 0.841. The molecule has 3 aromatic rings. The Morgan fingerprint density at radius 1 is 0.889 bits per heavy atom. The van der Waals surface area contributed by atoms with Crippen LogP contribution in [0.2, 0.25) is 0 Å². The van der Waals surface area contributed by atoms with Crippen LogP contribution in [-0.2, 0) is 17.8 Å². The average molecular weight is 358 g/mol. The molecule has 0 spiro atoms. The fourth-order valence-corrected chi connectivity index (χ4v) is 3.61. The van der Waals surface area contributed by atoms with Gasteiger partial charge >= 0.3 is 0 Å². The number of carbonyl (C=O) groups excluding carboxylic acids is 1. The molecule has 3 aromatic carbocycles. The molecule has 1 heterocycles. The summed E-state index contributed by atoms with van der Waals surface area (Å²) in [6, 6.07) is 25.1. The molecule has 4 rings (SSSR count). The van der Waals surface area contributed by atoms with Crippen LogP contribution in [0.3, 0.4) is 0 Å². The Kier molecular flexibility index (Phi) is 4.90. The number of fused-ring (bicyclic) bond motifs is 1. The van der Waals surface area contributed by atoms with Gasteiger partial charge in [0.25, 0.3) is 0 Å². The van der Waals surface area contributed by atoms with Crippen molar-refractivity contribution in [2.75, 3.05) is 18.0 Å². The van der Waals surface area contributed by atoms with Crippen LogP contribution in [-0.4, -0.2) is 29.0 Å². The van der Waals surface area contributed by atoms with E-state index in [2.05, 4.69) is 11.0 Å².